The predicted octanol–water partition coefficient (Wildman–Crippen LogP) is 2.98. The molecule has 1 aromatic carbocycles. The van der Waals surface area contributed by atoms with Crippen LogP contribution in [0.15, 0.2) is 24.3 Å². The number of hydrogen-bond acceptors (Lipinski definition) is 2. The zero-order valence-corrected chi connectivity index (χ0v) is 10.5. The molecule has 0 aliphatic carbocycles. The summed E-state index contributed by atoms with van der Waals surface area (Å²) in [4.78, 5) is 0. The molecule has 0 aromatic heterocycles. The van der Waals surface area contributed by atoms with E-state index in [1.54, 1.807) is 6.07 Å². The Kier molecular flexibility index (Phi) is 5.16. The molecule has 0 heterocycles. The van der Waals surface area contributed by atoms with Gasteiger partial charge in [0.1, 0.15) is 0 Å². The van der Waals surface area contributed by atoms with Gasteiger partial charge in [-0.25, -0.2) is 0 Å². The van der Waals surface area contributed by atoms with E-state index < -0.39 is 11.7 Å². The molecule has 102 valence electrons. The molecule has 2 N–H and O–H groups in total. The van der Waals surface area contributed by atoms with Gasteiger partial charge >= 0.3 is 6.18 Å². The fourth-order valence-corrected chi connectivity index (χ4v) is 1.87. The number of rotatable bonds is 5. The molecule has 0 aliphatic rings. The second kappa shape index (κ2) is 6.20. The largest absolute Gasteiger partial charge is 0.416 e. The minimum atomic E-state index is -4.32. The van der Waals surface area contributed by atoms with Crippen molar-refractivity contribution in [2.24, 2.45) is 5.92 Å². The van der Waals surface area contributed by atoms with Crippen LogP contribution in [-0.2, 0) is 6.18 Å². The van der Waals surface area contributed by atoms with Crippen LogP contribution in [0.3, 0.4) is 0 Å². The maximum atomic E-state index is 12.6. The number of nitrogens with one attached hydrogen (secondary N) is 1. The number of alkyl halides is 3. The fourth-order valence-electron chi connectivity index (χ4n) is 1.87. The van der Waals surface area contributed by atoms with E-state index in [4.69, 9.17) is 5.11 Å². The van der Waals surface area contributed by atoms with Gasteiger partial charge in [0, 0.05) is 12.6 Å². The Morgan fingerprint density at radius 2 is 1.94 bits per heavy atom. The molecule has 0 fully saturated rings. The zero-order chi connectivity index (χ0) is 13.8. The van der Waals surface area contributed by atoms with E-state index >= 15 is 0 Å². The summed E-state index contributed by atoms with van der Waals surface area (Å²) in [6.45, 7) is 4.17. The van der Waals surface area contributed by atoms with Crippen LogP contribution in [-0.4, -0.2) is 18.3 Å². The second-order valence-corrected chi connectivity index (χ2v) is 4.52. The molecule has 2 nitrogen and oxygen atoms in total. The first-order chi connectivity index (χ1) is 8.36. The highest BCUT2D eigenvalue weighted by Crippen LogP contribution is 2.32. The van der Waals surface area contributed by atoms with Gasteiger partial charge in [-0.3, -0.25) is 0 Å². The molecular formula is C13H18F3NO. The summed E-state index contributed by atoms with van der Waals surface area (Å²) < 4.78 is 37.9. The van der Waals surface area contributed by atoms with E-state index in [0.29, 0.717) is 12.1 Å². The summed E-state index contributed by atoms with van der Waals surface area (Å²) in [5.41, 5.74) is -0.0512. The van der Waals surface area contributed by atoms with Crippen LogP contribution >= 0.6 is 0 Å². The van der Waals surface area contributed by atoms with Gasteiger partial charge in [-0.15, -0.1) is 0 Å². The minimum Gasteiger partial charge on any atom is -0.395 e. The lowest BCUT2D eigenvalue weighted by atomic mass is 9.94. The molecule has 0 bridgehead atoms. The van der Waals surface area contributed by atoms with E-state index in [0.717, 1.165) is 12.1 Å². The average Bonchev–Trinajstić information content (AvgIpc) is 2.28. The molecule has 1 aromatic rings. The molecule has 0 saturated carbocycles. The molecule has 1 atom stereocenters. The normalized spacial score (nSPS) is 13.9. The predicted molar refractivity (Wildman–Crippen MR) is 64.1 cm³/mol. The molecule has 1 rings (SSSR count). The molecule has 18 heavy (non-hydrogen) atoms. The molecule has 5 heteroatoms. The number of hydrogen-bond donors (Lipinski definition) is 2. The first kappa shape index (κ1) is 15.0. The highest BCUT2D eigenvalue weighted by molar-refractivity contribution is 5.28. The maximum Gasteiger partial charge on any atom is 0.416 e. The van der Waals surface area contributed by atoms with E-state index in [1.165, 1.54) is 6.07 Å². The number of benzene rings is 1. The molecule has 0 saturated heterocycles. The molecule has 0 radical (unpaired) electrons. The van der Waals surface area contributed by atoms with Crippen molar-refractivity contribution in [1.82, 2.24) is 5.32 Å². The molecule has 1 unspecified atom stereocenters. The highest BCUT2D eigenvalue weighted by atomic mass is 19.4. The van der Waals surface area contributed by atoms with Crippen molar-refractivity contribution in [3.05, 3.63) is 35.4 Å². The lowest BCUT2D eigenvalue weighted by Gasteiger charge is -2.23. The molecular weight excluding hydrogens is 243 g/mol. The van der Waals surface area contributed by atoms with Gasteiger partial charge in [0.15, 0.2) is 0 Å². The van der Waals surface area contributed by atoms with Crippen molar-refractivity contribution >= 4 is 0 Å². The zero-order valence-electron chi connectivity index (χ0n) is 10.5. The van der Waals surface area contributed by atoms with Crippen LogP contribution in [0.1, 0.15) is 31.0 Å². The monoisotopic (exact) mass is 261 g/mol. The molecule has 0 spiro atoms. The molecule has 0 amide bonds. The van der Waals surface area contributed by atoms with Crippen LogP contribution in [0.25, 0.3) is 0 Å². The van der Waals surface area contributed by atoms with Crippen molar-refractivity contribution in [1.29, 1.82) is 0 Å². The average molecular weight is 261 g/mol. The fraction of sp³-hybridized carbons (Fsp3) is 0.538. The van der Waals surface area contributed by atoms with E-state index in [-0.39, 0.29) is 18.6 Å². The van der Waals surface area contributed by atoms with Crippen LogP contribution in [0.4, 0.5) is 13.2 Å². The van der Waals surface area contributed by atoms with Crippen molar-refractivity contribution in [2.75, 3.05) is 13.2 Å². The quantitative estimate of drug-likeness (QED) is 0.854. The third-order valence-corrected chi connectivity index (χ3v) is 2.72. The summed E-state index contributed by atoms with van der Waals surface area (Å²) in [7, 11) is 0. The summed E-state index contributed by atoms with van der Waals surface area (Å²) in [6, 6.07) is 5.11. The third-order valence-electron chi connectivity index (χ3n) is 2.72. The van der Waals surface area contributed by atoms with Crippen LogP contribution in [0.2, 0.25) is 0 Å². The van der Waals surface area contributed by atoms with E-state index in [2.05, 4.69) is 5.32 Å². The first-order valence-electron chi connectivity index (χ1n) is 5.87. The SMILES string of the molecule is CC(C)C(NCCO)c1cccc(C(F)(F)F)c1. The Morgan fingerprint density at radius 3 is 2.44 bits per heavy atom. The standard InChI is InChI=1S/C13H18F3NO/c1-9(2)12(17-6-7-18)10-4-3-5-11(8-10)13(14,15)16/h3-5,8-9,12,17-18H,6-7H2,1-2H3. The van der Waals surface area contributed by atoms with Gasteiger partial charge < -0.3 is 10.4 Å². The minimum absolute atomic E-state index is 0.0395. The molecule has 0 aliphatic heterocycles. The van der Waals surface area contributed by atoms with Crippen LogP contribution in [0, 0.1) is 5.92 Å². The lowest BCUT2D eigenvalue weighted by molar-refractivity contribution is -0.137. The Hall–Kier alpha value is -1.07. The van der Waals surface area contributed by atoms with Gasteiger partial charge in [0.2, 0.25) is 0 Å². The lowest BCUT2D eigenvalue weighted by Crippen LogP contribution is -2.28. The van der Waals surface area contributed by atoms with Crippen LogP contribution < -0.4 is 5.32 Å². The van der Waals surface area contributed by atoms with E-state index in [9.17, 15) is 13.2 Å². The Bertz CT molecular complexity index is 377. The van der Waals surface area contributed by atoms with Gasteiger partial charge in [-0.1, -0.05) is 26.0 Å². The number of aliphatic hydroxyl groups excluding tert-OH is 1. The Morgan fingerprint density at radius 1 is 1.28 bits per heavy atom. The van der Waals surface area contributed by atoms with Gasteiger partial charge in [0.05, 0.1) is 12.2 Å². The Balaban J connectivity index is 2.98. The maximum absolute atomic E-state index is 12.6. The highest BCUT2D eigenvalue weighted by Gasteiger charge is 2.31. The summed E-state index contributed by atoms with van der Waals surface area (Å²) in [5, 5.41) is 11.8. The van der Waals surface area contributed by atoms with Gasteiger partial charge in [0.25, 0.3) is 0 Å². The Labute approximate surface area is 105 Å². The summed E-state index contributed by atoms with van der Waals surface area (Å²) in [6.07, 6.45) is -4.32. The second-order valence-electron chi connectivity index (χ2n) is 4.52. The number of aliphatic hydroxyl groups is 1. The third kappa shape index (κ3) is 3.99. The first-order valence-corrected chi connectivity index (χ1v) is 5.87. The van der Waals surface area contributed by atoms with Crippen molar-refractivity contribution < 1.29 is 18.3 Å². The van der Waals surface area contributed by atoms with Gasteiger partial charge in [-0.05, 0) is 23.6 Å². The van der Waals surface area contributed by atoms with Crippen molar-refractivity contribution in [3.8, 4) is 0 Å². The van der Waals surface area contributed by atoms with Crippen LogP contribution in [0.5, 0.6) is 0 Å². The van der Waals surface area contributed by atoms with Crippen molar-refractivity contribution in [3.63, 3.8) is 0 Å². The summed E-state index contributed by atoms with van der Waals surface area (Å²) in [5.74, 6) is 0.139. The number of halogens is 3. The van der Waals surface area contributed by atoms with Gasteiger partial charge in [-0.2, -0.15) is 13.2 Å². The van der Waals surface area contributed by atoms with Crippen molar-refractivity contribution in [2.45, 2.75) is 26.1 Å². The summed E-state index contributed by atoms with van der Waals surface area (Å²) >= 11 is 0. The topological polar surface area (TPSA) is 32.3 Å². The smallest absolute Gasteiger partial charge is 0.395 e. The van der Waals surface area contributed by atoms with E-state index in [1.807, 2.05) is 13.8 Å².